The molecule has 0 amide bonds. The van der Waals surface area contributed by atoms with Crippen LogP contribution in [0, 0.1) is 0 Å². The Bertz CT molecular complexity index is 432. The molecule has 0 radical (unpaired) electrons. The second-order valence-electron chi connectivity index (χ2n) is 6.15. The lowest BCUT2D eigenvalue weighted by molar-refractivity contribution is 0.00768. The van der Waals surface area contributed by atoms with Crippen LogP contribution in [0.2, 0.25) is 0 Å². The smallest absolute Gasteiger partial charge is 0.234 e. The first-order valence-electron chi connectivity index (χ1n) is 7.37. The van der Waals surface area contributed by atoms with Crippen LogP contribution in [-0.4, -0.2) is 23.3 Å². The van der Waals surface area contributed by atoms with Gasteiger partial charge < -0.3 is 15.0 Å². The predicted molar refractivity (Wildman–Crippen MR) is 70.7 cm³/mol. The summed E-state index contributed by atoms with van der Waals surface area (Å²) >= 11 is 0. The van der Waals surface area contributed by atoms with Gasteiger partial charge in [-0.25, -0.2) is 0 Å². The highest BCUT2D eigenvalue weighted by atomic mass is 16.5. The molecule has 19 heavy (non-hydrogen) atoms. The number of nitrogens with zero attached hydrogens (tertiary/aromatic N) is 2. The number of aromatic nitrogens is 2. The summed E-state index contributed by atoms with van der Waals surface area (Å²) in [6, 6.07) is 0. The van der Waals surface area contributed by atoms with E-state index in [0.29, 0.717) is 12.4 Å². The van der Waals surface area contributed by atoms with Crippen molar-refractivity contribution in [2.45, 2.75) is 62.9 Å². The lowest BCUT2D eigenvalue weighted by Gasteiger charge is -2.32. The largest absolute Gasteiger partial charge is 0.367 e. The summed E-state index contributed by atoms with van der Waals surface area (Å²) < 4.78 is 11.3. The SMILES string of the molecule is CC1(c2noc(C3(CN)CCCCC3)n2)CCCO1. The minimum atomic E-state index is -0.369. The summed E-state index contributed by atoms with van der Waals surface area (Å²) in [5, 5.41) is 4.17. The van der Waals surface area contributed by atoms with Gasteiger partial charge in [-0.15, -0.1) is 0 Å². The van der Waals surface area contributed by atoms with Gasteiger partial charge in [0, 0.05) is 13.2 Å². The standard InChI is InChI=1S/C14H23N3O2/c1-13(6-5-9-18-13)11-16-12(19-17-11)14(10-15)7-3-2-4-8-14/h2-10,15H2,1H3. The molecule has 1 unspecified atom stereocenters. The van der Waals surface area contributed by atoms with Crippen molar-refractivity contribution in [2.24, 2.45) is 5.73 Å². The van der Waals surface area contributed by atoms with E-state index in [1.54, 1.807) is 0 Å². The molecule has 2 aliphatic rings. The quantitative estimate of drug-likeness (QED) is 0.907. The summed E-state index contributed by atoms with van der Waals surface area (Å²) in [5.41, 5.74) is 5.54. The van der Waals surface area contributed by atoms with Crippen LogP contribution in [0.1, 0.15) is 63.6 Å². The maximum Gasteiger partial charge on any atom is 0.234 e. The fourth-order valence-electron chi connectivity index (χ4n) is 3.34. The summed E-state index contributed by atoms with van der Waals surface area (Å²) in [6.07, 6.45) is 7.81. The Balaban J connectivity index is 1.87. The second kappa shape index (κ2) is 4.87. The fraction of sp³-hybridized carbons (Fsp3) is 0.857. The molecule has 5 heteroatoms. The van der Waals surface area contributed by atoms with E-state index in [0.717, 1.165) is 38.2 Å². The van der Waals surface area contributed by atoms with E-state index < -0.39 is 0 Å². The molecule has 1 aromatic rings. The van der Waals surface area contributed by atoms with Crippen molar-refractivity contribution in [1.82, 2.24) is 10.1 Å². The molecular weight excluding hydrogens is 242 g/mol. The number of nitrogens with two attached hydrogens (primary N) is 1. The Labute approximate surface area is 113 Å². The van der Waals surface area contributed by atoms with Gasteiger partial charge in [-0.3, -0.25) is 0 Å². The maximum atomic E-state index is 6.01. The zero-order chi connectivity index (χ0) is 13.3. The minimum Gasteiger partial charge on any atom is -0.367 e. The van der Waals surface area contributed by atoms with Gasteiger partial charge in [0.1, 0.15) is 5.60 Å². The summed E-state index contributed by atoms with van der Waals surface area (Å²) in [7, 11) is 0. The highest BCUT2D eigenvalue weighted by Gasteiger charge is 2.42. The Kier molecular flexibility index (Phi) is 3.35. The lowest BCUT2D eigenvalue weighted by atomic mass is 9.74. The molecule has 2 fully saturated rings. The van der Waals surface area contributed by atoms with Crippen LogP contribution in [0.15, 0.2) is 4.52 Å². The van der Waals surface area contributed by atoms with Crippen LogP contribution in [0.5, 0.6) is 0 Å². The molecule has 0 spiro atoms. The molecule has 1 atom stereocenters. The first-order chi connectivity index (χ1) is 9.19. The first kappa shape index (κ1) is 13.1. The average molecular weight is 265 g/mol. The van der Waals surface area contributed by atoms with Gasteiger partial charge in [-0.2, -0.15) is 4.98 Å². The van der Waals surface area contributed by atoms with Gasteiger partial charge >= 0.3 is 0 Å². The minimum absolute atomic E-state index is 0.0987. The number of hydrogen-bond donors (Lipinski definition) is 1. The van der Waals surface area contributed by atoms with Crippen molar-refractivity contribution < 1.29 is 9.26 Å². The zero-order valence-corrected chi connectivity index (χ0v) is 11.7. The third-order valence-corrected chi connectivity index (χ3v) is 4.77. The van der Waals surface area contributed by atoms with Crippen LogP contribution in [-0.2, 0) is 15.8 Å². The highest BCUT2D eigenvalue weighted by molar-refractivity contribution is 5.11. The summed E-state index contributed by atoms with van der Waals surface area (Å²) in [6.45, 7) is 3.42. The predicted octanol–water partition coefficient (Wildman–Crippen LogP) is 2.26. The fourth-order valence-corrected chi connectivity index (χ4v) is 3.34. The van der Waals surface area contributed by atoms with Gasteiger partial charge in [0.2, 0.25) is 11.7 Å². The highest BCUT2D eigenvalue weighted by Crippen LogP contribution is 2.40. The normalized spacial score (nSPS) is 30.6. The Morgan fingerprint density at radius 3 is 2.58 bits per heavy atom. The zero-order valence-electron chi connectivity index (χ0n) is 11.7. The molecule has 1 aliphatic carbocycles. The molecule has 2 N–H and O–H groups in total. The molecule has 5 nitrogen and oxygen atoms in total. The number of ether oxygens (including phenoxy) is 1. The van der Waals surface area contributed by atoms with Gasteiger partial charge in [-0.1, -0.05) is 24.4 Å². The van der Waals surface area contributed by atoms with Crippen LogP contribution < -0.4 is 5.73 Å². The molecule has 1 saturated heterocycles. The average Bonchev–Trinajstić information content (AvgIpc) is 3.09. The van der Waals surface area contributed by atoms with E-state index >= 15 is 0 Å². The van der Waals surface area contributed by atoms with Crippen molar-refractivity contribution in [3.63, 3.8) is 0 Å². The van der Waals surface area contributed by atoms with E-state index in [4.69, 9.17) is 15.0 Å². The van der Waals surface area contributed by atoms with Gasteiger partial charge in [-0.05, 0) is 32.6 Å². The van der Waals surface area contributed by atoms with E-state index in [9.17, 15) is 0 Å². The molecule has 0 aromatic carbocycles. The molecule has 106 valence electrons. The third kappa shape index (κ3) is 2.19. The van der Waals surface area contributed by atoms with Crippen molar-refractivity contribution >= 4 is 0 Å². The monoisotopic (exact) mass is 265 g/mol. The topological polar surface area (TPSA) is 74.2 Å². The molecule has 1 aliphatic heterocycles. The molecular formula is C14H23N3O2. The van der Waals surface area contributed by atoms with Crippen LogP contribution in [0.4, 0.5) is 0 Å². The van der Waals surface area contributed by atoms with Crippen LogP contribution >= 0.6 is 0 Å². The van der Waals surface area contributed by atoms with Gasteiger partial charge in [0.15, 0.2) is 0 Å². The van der Waals surface area contributed by atoms with Gasteiger partial charge in [0.25, 0.3) is 0 Å². The number of rotatable bonds is 3. The Hall–Kier alpha value is -0.940. The molecule has 3 rings (SSSR count). The van der Waals surface area contributed by atoms with Crippen molar-refractivity contribution in [1.29, 1.82) is 0 Å². The molecule has 1 saturated carbocycles. The van der Waals surface area contributed by atoms with Crippen molar-refractivity contribution in [3.8, 4) is 0 Å². The second-order valence-corrected chi connectivity index (χ2v) is 6.15. The lowest BCUT2D eigenvalue weighted by Crippen LogP contribution is -2.37. The van der Waals surface area contributed by atoms with Crippen molar-refractivity contribution in [3.05, 3.63) is 11.7 Å². The molecule has 1 aromatic heterocycles. The summed E-state index contributed by atoms with van der Waals surface area (Å²) in [5.74, 6) is 1.42. The van der Waals surface area contributed by atoms with E-state index in [1.807, 2.05) is 6.92 Å². The Morgan fingerprint density at radius 1 is 1.16 bits per heavy atom. The van der Waals surface area contributed by atoms with E-state index in [1.165, 1.54) is 19.3 Å². The molecule has 2 heterocycles. The summed E-state index contributed by atoms with van der Waals surface area (Å²) in [4.78, 5) is 4.65. The van der Waals surface area contributed by atoms with Crippen LogP contribution in [0.25, 0.3) is 0 Å². The van der Waals surface area contributed by atoms with Crippen LogP contribution in [0.3, 0.4) is 0 Å². The van der Waals surface area contributed by atoms with E-state index in [-0.39, 0.29) is 11.0 Å². The Morgan fingerprint density at radius 2 is 1.95 bits per heavy atom. The molecule has 0 bridgehead atoms. The van der Waals surface area contributed by atoms with Gasteiger partial charge in [0.05, 0.1) is 5.41 Å². The van der Waals surface area contributed by atoms with E-state index in [2.05, 4.69) is 10.1 Å². The number of hydrogen-bond acceptors (Lipinski definition) is 5. The van der Waals surface area contributed by atoms with Crippen molar-refractivity contribution in [2.75, 3.05) is 13.2 Å². The third-order valence-electron chi connectivity index (χ3n) is 4.77. The maximum absolute atomic E-state index is 6.01. The first-order valence-corrected chi connectivity index (χ1v) is 7.37.